The number of β-amino-alcohol motifs (C(OH)–C–C–N with tert-alkyl or cyclic N) is 1. The van der Waals surface area contributed by atoms with Crippen LogP contribution in [0.4, 0.5) is 5.69 Å². The number of carbonyl (C=O) groups is 2. The number of ether oxygens (including phenoxy) is 1. The highest BCUT2D eigenvalue weighted by Crippen LogP contribution is 2.31. The van der Waals surface area contributed by atoms with Gasteiger partial charge in [0, 0.05) is 29.9 Å². The summed E-state index contributed by atoms with van der Waals surface area (Å²) < 4.78 is 5.16. The van der Waals surface area contributed by atoms with E-state index in [0.717, 1.165) is 0 Å². The summed E-state index contributed by atoms with van der Waals surface area (Å²) in [6.45, 7) is 0.871. The molecule has 0 radical (unpaired) electrons. The van der Waals surface area contributed by atoms with E-state index in [9.17, 15) is 14.7 Å². The molecule has 6 heteroatoms. The number of aliphatic hydroxyl groups is 1. The van der Waals surface area contributed by atoms with Gasteiger partial charge in [0.25, 0.3) is 0 Å². The van der Waals surface area contributed by atoms with Crippen LogP contribution in [0.3, 0.4) is 0 Å². The van der Waals surface area contributed by atoms with Gasteiger partial charge in [-0.2, -0.15) is 0 Å². The van der Waals surface area contributed by atoms with E-state index >= 15 is 0 Å². The predicted octanol–water partition coefficient (Wildman–Crippen LogP) is 2.46. The average molecular weight is 364 g/mol. The van der Waals surface area contributed by atoms with Gasteiger partial charge in [-0.1, -0.05) is 24.3 Å². The number of nitrogens with zero attached hydrogens (tertiary/aromatic N) is 1. The molecule has 0 spiro atoms. The van der Waals surface area contributed by atoms with Crippen molar-refractivity contribution in [1.82, 2.24) is 4.90 Å². The fourth-order valence-electron chi connectivity index (χ4n) is 3.54. The number of fused-ring (bicyclic) bond motifs is 1. The number of ketones is 2. The van der Waals surface area contributed by atoms with Gasteiger partial charge >= 0.3 is 0 Å². The number of allylic oxidation sites excluding steroid dienone is 2. The van der Waals surface area contributed by atoms with Crippen LogP contribution in [0.5, 0.6) is 5.75 Å². The summed E-state index contributed by atoms with van der Waals surface area (Å²) in [4.78, 5) is 28.1. The van der Waals surface area contributed by atoms with Gasteiger partial charge in [0.1, 0.15) is 17.1 Å². The molecule has 2 aromatic carbocycles. The maximum absolute atomic E-state index is 13.2. The van der Waals surface area contributed by atoms with E-state index in [1.165, 1.54) is 0 Å². The van der Waals surface area contributed by atoms with E-state index in [2.05, 4.69) is 5.32 Å². The summed E-state index contributed by atoms with van der Waals surface area (Å²) in [7, 11) is 1.59. The molecule has 0 aromatic heterocycles. The molecule has 27 heavy (non-hydrogen) atoms. The number of hydrogen-bond donors (Lipinski definition) is 2. The topological polar surface area (TPSA) is 78.9 Å². The SMILES string of the molecule is COc1ccc(NC2=C(N3CCC(O)C3)C(=O)c3ccccc3C2=O)cc1. The molecule has 138 valence electrons. The standard InChI is InChI=1S/C21H20N2O4/c1-27-15-8-6-13(7-9-15)22-18-19(23-11-10-14(24)12-23)21(26)17-5-3-2-4-16(17)20(18)25/h2-9,14,22,24H,10-12H2,1H3. The lowest BCUT2D eigenvalue weighted by molar-refractivity contribution is 0.0943. The van der Waals surface area contributed by atoms with Gasteiger partial charge in [-0.15, -0.1) is 0 Å². The molecule has 0 amide bonds. The monoisotopic (exact) mass is 364 g/mol. The third kappa shape index (κ3) is 3.08. The second-order valence-electron chi connectivity index (χ2n) is 6.67. The Morgan fingerprint density at radius 3 is 2.30 bits per heavy atom. The van der Waals surface area contributed by atoms with Crippen molar-refractivity contribution in [3.05, 3.63) is 71.1 Å². The Bertz CT molecular complexity index is 933. The lowest BCUT2D eigenvalue weighted by Gasteiger charge is -2.28. The highest BCUT2D eigenvalue weighted by Gasteiger charge is 2.37. The molecule has 0 saturated carbocycles. The van der Waals surface area contributed by atoms with E-state index in [1.807, 2.05) is 0 Å². The zero-order chi connectivity index (χ0) is 19.0. The number of methoxy groups -OCH3 is 1. The number of carbonyl (C=O) groups excluding carboxylic acids is 2. The van der Waals surface area contributed by atoms with Crippen LogP contribution < -0.4 is 10.1 Å². The first kappa shape index (κ1) is 17.3. The predicted molar refractivity (Wildman–Crippen MR) is 101 cm³/mol. The Hall–Kier alpha value is -3.12. The van der Waals surface area contributed by atoms with Gasteiger partial charge in [-0.05, 0) is 30.7 Å². The molecule has 1 aliphatic heterocycles. The maximum Gasteiger partial charge on any atom is 0.212 e. The lowest BCUT2D eigenvalue weighted by atomic mass is 9.89. The summed E-state index contributed by atoms with van der Waals surface area (Å²) in [5, 5.41) is 13.0. The molecule has 1 saturated heterocycles. The number of likely N-dealkylation sites (tertiary alicyclic amines) is 1. The van der Waals surface area contributed by atoms with E-state index in [0.29, 0.717) is 47.8 Å². The van der Waals surface area contributed by atoms with E-state index in [1.54, 1.807) is 60.5 Å². The lowest BCUT2D eigenvalue weighted by Crippen LogP contribution is -2.35. The molecule has 1 atom stereocenters. The minimum Gasteiger partial charge on any atom is -0.497 e. The molecule has 1 heterocycles. The molecule has 0 bridgehead atoms. The summed E-state index contributed by atoms with van der Waals surface area (Å²) in [5.74, 6) is 0.279. The first-order valence-electron chi connectivity index (χ1n) is 8.85. The van der Waals surface area contributed by atoms with Crippen molar-refractivity contribution in [3.63, 3.8) is 0 Å². The summed E-state index contributed by atoms with van der Waals surface area (Å²) >= 11 is 0. The van der Waals surface area contributed by atoms with Crippen molar-refractivity contribution in [1.29, 1.82) is 0 Å². The minimum absolute atomic E-state index is 0.199. The molecule has 1 unspecified atom stereocenters. The Kier molecular flexibility index (Phi) is 4.41. The molecular weight excluding hydrogens is 344 g/mol. The molecular formula is C21H20N2O4. The Morgan fingerprint density at radius 2 is 1.70 bits per heavy atom. The summed E-state index contributed by atoms with van der Waals surface area (Å²) in [6.07, 6.45) is 0.0717. The molecule has 1 fully saturated rings. The van der Waals surface area contributed by atoms with E-state index < -0.39 is 6.10 Å². The van der Waals surface area contributed by atoms with Crippen LogP contribution >= 0.6 is 0 Å². The van der Waals surface area contributed by atoms with Gasteiger partial charge in [-0.25, -0.2) is 0 Å². The third-order valence-electron chi connectivity index (χ3n) is 4.93. The van der Waals surface area contributed by atoms with Crippen LogP contribution in [0.15, 0.2) is 59.9 Å². The average Bonchev–Trinajstić information content (AvgIpc) is 3.12. The van der Waals surface area contributed by atoms with Crippen molar-refractivity contribution in [2.75, 3.05) is 25.5 Å². The quantitative estimate of drug-likeness (QED) is 0.868. The Balaban J connectivity index is 1.78. The fourth-order valence-corrected chi connectivity index (χ4v) is 3.54. The zero-order valence-corrected chi connectivity index (χ0v) is 14.9. The number of rotatable bonds is 4. The molecule has 2 N–H and O–H groups in total. The number of hydrogen-bond acceptors (Lipinski definition) is 6. The number of nitrogens with one attached hydrogen (secondary N) is 1. The van der Waals surface area contributed by atoms with Crippen LogP contribution in [0, 0.1) is 0 Å². The second-order valence-corrected chi connectivity index (χ2v) is 6.67. The first-order valence-corrected chi connectivity index (χ1v) is 8.85. The van der Waals surface area contributed by atoms with Gasteiger partial charge in [-0.3, -0.25) is 9.59 Å². The van der Waals surface area contributed by atoms with Gasteiger partial charge in [0.15, 0.2) is 0 Å². The van der Waals surface area contributed by atoms with Crippen molar-refractivity contribution in [2.24, 2.45) is 0 Å². The van der Waals surface area contributed by atoms with Crippen LogP contribution in [-0.2, 0) is 0 Å². The first-order chi connectivity index (χ1) is 13.1. The fraction of sp³-hybridized carbons (Fsp3) is 0.238. The number of Topliss-reactive ketones (excluding diaryl/α,β-unsaturated/α-hetero) is 2. The van der Waals surface area contributed by atoms with E-state index in [-0.39, 0.29) is 17.3 Å². The normalized spacial score (nSPS) is 19.3. The van der Waals surface area contributed by atoms with E-state index in [4.69, 9.17) is 4.74 Å². The summed E-state index contributed by atoms with van der Waals surface area (Å²) in [5.41, 5.74) is 2.05. The van der Waals surface area contributed by atoms with Crippen molar-refractivity contribution < 1.29 is 19.4 Å². The summed E-state index contributed by atoms with van der Waals surface area (Å²) in [6, 6.07) is 14.0. The zero-order valence-electron chi connectivity index (χ0n) is 14.9. The smallest absolute Gasteiger partial charge is 0.212 e. The van der Waals surface area contributed by atoms with Gasteiger partial charge in [0.2, 0.25) is 11.6 Å². The maximum atomic E-state index is 13.2. The Morgan fingerprint density at radius 1 is 1.04 bits per heavy atom. The molecule has 4 rings (SSSR count). The molecule has 6 nitrogen and oxygen atoms in total. The molecule has 1 aliphatic carbocycles. The van der Waals surface area contributed by atoms with Gasteiger partial charge < -0.3 is 20.1 Å². The van der Waals surface area contributed by atoms with Crippen molar-refractivity contribution in [2.45, 2.75) is 12.5 Å². The van der Waals surface area contributed by atoms with Crippen LogP contribution in [0.1, 0.15) is 27.1 Å². The number of aliphatic hydroxyl groups excluding tert-OH is 1. The van der Waals surface area contributed by atoms with Crippen molar-refractivity contribution in [3.8, 4) is 5.75 Å². The third-order valence-corrected chi connectivity index (χ3v) is 4.93. The van der Waals surface area contributed by atoms with Crippen molar-refractivity contribution >= 4 is 17.3 Å². The highest BCUT2D eigenvalue weighted by molar-refractivity contribution is 6.27. The largest absolute Gasteiger partial charge is 0.497 e. The van der Waals surface area contributed by atoms with Crippen LogP contribution in [0.25, 0.3) is 0 Å². The minimum atomic E-state index is -0.500. The highest BCUT2D eigenvalue weighted by atomic mass is 16.5. The van der Waals surface area contributed by atoms with Crippen LogP contribution in [0.2, 0.25) is 0 Å². The molecule has 2 aromatic rings. The van der Waals surface area contributed by atoms with Crippen LogP contribution in [-0.4, -0.2) is 47.9 Å². The number of benzene rings is 2. The van der Waals surface area contributed by atoms with Gasteiger partial charge in [0.05, 0.1) is 13.2 Å². The molecule has 2 aliphatic rings. The second kappa shape index (κ2) is 6.89. The number of anilines is 1. The Labute approximate surface area is 157 Å².